The van der Waals surface area contributed by atoms with Crippen LogP contribution >= 0.6 is 0 Å². The fourth-order valence-corrected chi connectivity index (χ4v) is 2.54. The lowest BCUT2D eigenvalue weighted by Crippen LogP contribution is -2.36. The van der Waals surface area contributed by atoms with Gasteiger partial charge in [0.15, 0.2) is 0 Å². The summed E-state index contributed by atoms with van der Waals surface area (Å²) in [5.74, 6) is 1.61. The van der Waals surface area contributed by atoms with Crippen molar-refractivity contribution in [2.45, 2.75) is 65.0 Å². The highest BCUT2D eigenvalue weighted by molar-refractivity contribution is 4.81. The van der Waals surface area contributed by atoms with Crippen molar-refractivity contribution >= 4 is 0 Å². The van der Waals surface area contributed by atoms with E-state index in [9.17, 15) is 0 Å². The van der Waals surface area contributed by atoms with Crippen molar-refractivity contribution in [2.24, 2.45) is 17.6 Å². The molecule has 0 radical (unpaired) electrons. The Morgan fingerprint density at radius 3 is 2.67 bits per heavy atom. The van der Waals surface area contributed by atoms with Crippen molar-refractivity contribution in [3.63, 3.8) is 0 Å². The second kappa shape index (κ2) is 6.49. The monoisotopic (exact) mass is 213 g/mol. The van der Waals surface area contributed by atoms with E-state index in [-0.39, 0.29) is 0 Å². The molecule has 0 aromatic carbocycles. The van der Waals surface area contributed by atoms with Crippen molar-refractivity contribution in [3.05, 3.63) is 0 Å². The Morgan fingerprint density at radius 1 is 1.33 bits per heavy atom. The van der Waals surface area contributed by atoms with Gasteiger partial charge in [-0.1, -0.05) is 13.3 Å². The third kappa shape index (κ3) is 4.52. The Kier molecular flexibility index (Phi) is 5.62. The van der Waals surface area contributed by atoms with Gasteiger partial charge in [0, 0.05) is 12.6 Å². The summed E-state index contributed by atoms with van der Waals surface area (Å²) in [4.78, 5) is 0. The van der Waals surface area contributed by atoms with E-state index in [0.29, 0.717) is 18.1 Å². The lowest BCUT2D eigenvalue weighted by Gasteiger charge is -2.33. The highest BCUT2D eigenvalue weighted by Crippen LogP contribution is 2.32. The fraction of sp³-hybridized carbons (Fsp3) is 1.00. The van der Waals surface area contributed by atoms with Crippen molar-refractivity contribution in [3.8, 4) is 0 Å². The number of hydrogen-bond donors (Lipinski definition) is 1. The third-order valence-corrected chi connectivity index (χ3v) is 3.67. The van der Waals surface area contributed by atoms with Crippen LogP contribution in [0, 0.1) is 11.8 Å². The first-order valence-corrected chi connectivity index (χ1v) is 6.50. The normalized spacial score (nSPS) is 32.2. The Labute approximate surface area is 94.6 Å². The van der Waals surface area contributed by atoms with Crippen molar-refractivity contribution in [1.29, 1.82) is 0 Å². The summed E-state index contributed by atoms with van der Waals surface area (Å²) < 4.78 is 5.61. The predicted octanol–water partition coefficient (Wildman–Crippen LogP) is 2.96. The van der Waals surface area contributed by atoms with Gasteiger partial charge in [0.2, 0.25) is 0 Å². The first-order chi connectivity index (χ1) is 7.13. The summed E-state index contributed by atoms with van der Waals surface area (Å²) >= 11 is 0. The summed E-state index contributed by atoms with van der Waals surface area (Å²) in [7, 11) is 0. The van der Waals surface area contributed by atoms with Gasteiger partial charge in [0.05, 0.1) is 6.10 Å². The zero-order valence-corrected chi connectivity index (χ0v) is 10.5. The highest BCUT2D eigenvalue weighted by atomic mass is 16.5. The van der Waals surface area contributed by atoms with E-state index in [1.807, 2.05) is 0 Å². The second-order valence-corrected chi connectivity index (χ2v) is 5.22. The van der Waals surface area contributed by atoms with Crippen LogP contribution in [0.1, 0.15) is 52.9 Å². The number of nitrogens with two attached hydrogens (primary N) is 1. The van der Waals surface area contributed by atoms with E-state index >= 15 is 0 Å². The second-order valence-electron chi connectivity index (χ2n) is 5.22. The molecule has 1 saturated carbocycles. The molecule has 0 saturated heterocycles. The molecule has 1 rings (SSSR count). The molecular weight excluding hydrogens is 186 g/mol. The lowest BCUT2D eigenvalue weighted by atomic mass is 9.76. The van der Waals surface area contributed by atoms with E-state index in [2.05, 4.69) is 20.8 Å². The molecule has 0 aromatic heterocycles. The fourth-order valence-electron chi connectivity index (χ4n) is 2.54. The lowest BCUT2D eigenvalue weighted by molar-refractivity contribution is 0.0583. The summed E-state index contributed by atoms with van der Waals surface area (Å²) in [6, 6.07) is 0.420. The van der Waals surface area contributed by atoms with E-state index in [4.69, 9.17) is 10.5 Å². The minimum atomic E-state index is 0.354. The van der Waals surface area contributed by atoms with Gasteiger partial charge in [-0.05, 0) is 51.4 Å². The van der Waals surface area contributed by atoms with Gasteiger partial charge in [-0.25, -0.2) is 0 Å². The number of hydrogen-bond acceptors (Lipinski definition) is 2. The Bertz CT molecular complexity index is 170. The summed E-state index contributed by atoms with van der Waals surface area (Å²) in [5, 5.41) is 0. The maximum atomic E-state index is 6.16. The van der Waals surface area contributed by atoms with Crippen LogP contribution in [0.2, 0.25) is 0 Å². The van der Waals surface area contributed by atoms with Crippen molar-refractivity contribution in [1.82, 2.24) is 0 Å². The molecule has 0 heterocycles. The van der Waals surface area contributed by atoms with Crippen molar-refractivity contribution < 1.29 is 4.74 Å². The molecule has 3 atom stereocenters. The average molecular weight is 213 g/mol. The zero-order valence-electron chi connectivity index (χ0n) is 10.5. The van der Waals surface area contributed by atoms with E-state index in [0.717, 1.165) is 18.9 Å². The largest absolute Gasteiger partial charge is 0.379 e. The topological polar surface area (TPSA) is 35.2 Å². The molecule has 15 heavy (non-hydrogen) atoms. The molecule has 2 N–H and O–H groups in total. The maximum absolute atomic E-state index is 6.16. The van der Waals surface area contributed by atoms with Crippen LogP contribution < -0.4 is 5.73 Å². The smallest absolute Gasteiger partial charge is 0.0518 e. The highest BCUT2D eigenvalue weighted by Gasteiger charge is 2.26. The van der Waals surface area contributed by atoms with E-state index < -0.39 is 0 Å². The predicted molar refractivity (Wildman–Crippen MR) is 64.8 cm³/mol. The molecular formula is C13H27NO. The first-order valence-electron chi connectivity index (χ1n) is 6.50. The van der Waals surface area contributed by atoms with Gasteiger partial charge in [0.25, 0.3) is 0 Å². The number of rotatable bonds is 5. The molecule has 1 fully saturated rings. The molecule has 3 unspecified atom stereocenters. The quantitative estimate of drug-likeness (QED) is 0.762. The summed E-state index contributed by atoms with van der Waals surface area (Å²) in [6.45, 7) is 7.36. The van der Waals surface area contributed by atoms with Gasteiger partial charge < -0.3 is 10.5 Å². The van der Waals surface area contributed by atoms with Gasteiger partial charge in [0.1, 0.15) is 0 Å². The van der Waals surface area contributed by atoms with Gasteiger partial charge in [-0.3, -0.25) is 0 Å². The molecule has 90 valence electrons. The van der Waals surface area contributed by atoms with E-state index in [1.165, 1.54) is 25.7 Å². The minimum Gasteiger partial charge on any atom is -0.379 e. The van der Waals surface area contributed by atoms with Gasteiger partial charge in [-0.2, -0.15) is 0 Å². The third-order valence-electron chi connectivity index (χ3n) is 3.67. The van der Waals surface area contributed by atoms with Crippen LogP contribution in [0.25, 0.3) is 0 Å². The first kappa shape index (κ1) is 13.0. The van der Waals surface area contributed by atoms with Crippen LogP contribution in [0.5, 0.6) is 0 Å². The van der Waals surface area contributed by atoms with Crippen molar-refractivity contribution in [2.75, 3.05) is 6.61 Å². The maximum Gasteiger partial charge on any atom is 0.0518 e. The Morgan fingerprint density at radius 2 is 2.07 bits per heavy atom. The van der Waals surface area contributed by atoms with E-state index in [1.54, 1.807) is 0 Å². The molecule has 1 aliphatic rings. The minimum absolute atomic E-state index is 0.354. The number of ether oxygens (including phenoxy) is 1. The molecule has 2 nitrogen and oxygen atoms in total. The molecule has 1 aliphatic carbocycles. The molecule has 2 heteroatoms. The van der Waals surface area contributed by atoms with Crippen LogP contribution in [0.15, 0.2) is 0 Å². The zero-order chi connectivity index (χ0) is 11.3. The Hall–Kier alpha value is -0.0800. The van der Waals surface area contributed by atoms with Gasteiger partial charge in [-0.15, -0.1) is 0 Å². The standard InChI is InChI=1S/C13H27NO/c1-4-11-5-6-13(14)12(9-11)7-8-15-10(2)3/h10-13H,4-9,14H2,1-3H3. The molecule has 0 aliphatic heterocycles. The molecule has 0 amide bonds. The van der Waals surface area contributed by atoms with Gasteiger partial charge >= 0.3 is 0 Å². The van der Waals surface area contributed by atoms with Crippen LogP contribution in [-0.2, 0) is 4.74 Å². The summed E-state index contributed by atoms with van der Waals surface area (Å²) in [6.07, 6.45) is 6.68. The molecule has 0 bridgehead atoms. The Balaban J connectivity index is 2.25. The van der Waals surface area contributed by atoms with Crippen LogP contribution in [-0.4, -0.2) is 18.8 Å². The van der Waals surface area contributed by atoms with Crippen LogP contribution in [0.4, 0.5) is 0 Å². The van der Waals surface area contributed by atoms with Crippen LogP contribution in [0.3, 0.4) is 0 Å². The molecule has 0 aromatic rings. The average Bonchev–Trinajstić information content (AvgIpc) is 2.20. The SMILES string of the molecule is CCC1CCC(N)C(CCOC(C)C)C1. The molecule has 0 spiro atoms. The summed E-state index contributed by atoms with van der Waals surface area (Å²) in [5.41, 5.74) is 6.16.